The van der Waals surface area contributed by atoms with Gasteiger partial charge in [-0.1, -0.05) is 51.4 Å². The lowest BCUT2D eigenvalue weighted by Crippen LogP contribution is -2.06. The molecule has 116 valence electrons. The first-order valence-electron chi connectivity index (χ1n) is 8.33. The second-order valence-electron chi connectivity index (χ2n) is 6.16. The van der Waals surface area contributed by atoms with Gasteiger partial charge in [-0.2, -0.15) is 0 Å². The van der Waals surface area contributed by atoms with Crippen LogP contribution >= 0.6 is 0 Å². The Morgan fingerprint density at radius 2 is 1.76 bits per heavy atom. The maximum absolute atomic E-state index is 10.8. The molecule has 0 aromatic heterocycles. The fraction of sp³-hybridized carbons (Fsp3) is 0.611. The summed E-state index contributed by atoms with van der Waals surface area (Å²) in [5.41, 5.74) is 1.35. The molecular formula is C18H27NO2. The molecule has 3 heteroatoms. The highest BCUT2D eigenvalue weighted by molar-refractivity contribution is 5.87. The molecule has 1 aromatic carbocycles. The lowest BCUT2D eigenvalue weighted by atomic mass is 9.85. The van der Waals surface area contributed by atoms with Gasteiger partial charge in [0.15, 0.2) is 0 Å². The van der Waals surface area contributed by atoms with E-state index in [9.17, 15) is 4.79 Å². The van der Waals surface area contributed by atoms with Crippen LogP contribution < -0.4 is 5.32 Å². The van der Waals surface area contributed by atoms with E-state index in [2.05, 4.69) is 5.32 Å². The number of carbonyl (C=O) groups is 1. The van der Waals surface area contributed by atoms with Crippen molar-refractivity contribution in [3.63, 3.8) is 0 Å². The summed E-state index contributed by atoms with van der Waals surface area (Å²) >= 11 is 0. The van der Waals surface area contributed by atoms with Gasteiger partial charge in [-0.05, 0) is 36.6 Å². The number of hydrogen-bond acceptors (Lipinski definition) is 2. The average molecular weight is 289 g/mol. The molecule has 1 fully saturated rings. The second kappa shape index (κ2) is 8.71. The third-order valence-corrected chi connectivity index (χ3v) is 4.47. The molecule has 0 radical (unpaired) electrons. The molecule has 0 amide bonds. The number of carboxylic acids is 1. The van der Waals surface area contributed by atoms with Crippen LogP contribution in [0.15, 0.2) is 24.3 Å². The van der Waals surface area contributed by atoms with Crippen LogP contribution in [0.4, 0.5) is 5.69 Å². The van der Waals surface area contributed by atoms with Crippen LogP contribution in [-0.2, 0) is 0 Å². The molecule has 0 saturated heterocycles. The van der Waals surface area contributed by atoms with Crippen molar-refractivity contribution in [1.29, 1.82) is 0 Å². The Labute approximate surface area is 127 Å². The summed E-state index contributed by atoms with van der Waals surface area (Å²) in [5.74, 6) is 0.125. The molecule has 3 nitrogen and oxygen atoms in total. The fourth-order valence-corrected chi connectivity index (χ4v) is 3.17. The first-order valence-corrected chi connectivity index (χ1v) is 8.33. The van der Waals surface area contributed by atoms with Gasteiger partial charge in [-0.25, -0.2) is 4.79 Å². The van der Waals surface area contributed by atoms with Crippen molar-refractivity contribution in [3.8, 4) is 0 Å². The van der Waals surface area contributed by atoms with Gasteiger partial charge in [-0.3, -0.25) is 0 Å². The fourth-order valence-electron chi connectivity index (χ4n) is 3.17. The van der Waals surface area contributed by atoms with Crippen LogP contribution in [0.3, 0.4) is 0 Å². The van der Waals surface area contributed by atoms with Gasteiger partial charge >= 0.3 is 5.97 Å². The van der Waals surface area contributed by atoms with Gasteiger partial charge in [0.2, 0.25) is 0 Å². The van der Waals surface area contributed by atoms with E-state index >= 15 is 0 Å². The van der Waals surface area contributed by atoms with Gasteiger partial charge in [-0.15, -0.1) is 0 Å². The standard InChI is InChI=1S/C18H27NO2/c20-18(21)16-10-12-17(13-11-16)19-14-6-2-5-9-15-7-3-1-4-8-15/h10-13,15,19H,1-9,14H2,(H,20,21). The Hall–Kier alpha value is -1.51. The van der Waals surface area contributed by atoms with Crippen molar-refractivity contribution in [2.45, 2.75) is 57.8 Å². The number of benzene rings is 1. The summed E-state index contributed by atoms with van der Waals surface area (Å²) in [7, 11) is 0. The van der Waals surface area contributed by atoms with E-state index in [-0.39, 0.29) is 0 Å². The molecular weight excluding hydrogens is 262 g/mol. The van der Waals surface area contributed by atoms with Crippen LogP contribution in [0.25, 0.3) is 0 Å². The second-order valence-corrected chi connectivity index (χ2v) is 6.16. The highest BCUT2D eigenvalue weighted by atomic mass is 16.4. The molecule has 21 heavy (non-hydrogen) atoms. The zero-order valence-electron chi connectivity index (χ0n) is 12.8. The predicted octanol–water partition coefficient (Wildman–Crippen LogP) is 4.94. The SMILES string of the molecule is O=C(O)c1ccc(NCCCCCC2CCCCC2)cc1. The molecule has 0 aliphatic heterocycles. The summed E-state index contributed by atoms with van der Waals surface area (Å²) in [4.78, 5) is 10.8. The van der Waals surface area contributed by atoms with E-state index in [1.54, 1.807) is 12.1 Å². The third-order valence-electron chi connectivity index (χ3n) is 4.47. The Kier molecular flexibility index (Phi) is 6.58. The largest absolute Gasteiger partial charge is 0.478 e. The summed E-state index contributed by atoms with van der Waals surface area (Å²) in [5, 5.41) is 12.2. The van der Waals surface area contributed by atoms with Crippen LogP contribution in [0, 0.1) is 5.92 Å². The van der Waals surface area contributed by atoms with Gasteiger partial charge in [0.1, 0.15) is 0 Å². The van der Waals surface area contributed by atoms with E-state index in [1.165, 1.54) is 57.8 Å². The number of hydrogen-bond donors (Lipinski definition) is 2. The number of carboxylic acid groups (broad SMARTS) is 1. The predicted molar refractivity (Wildman–Crippen MR) is 86.9 cm³/mol. The van der Waals surface area contributed by atoms with Crippen LogP contribution in [-0.4, -0.2) is 17.6 Å². The van der Waals surface area contributed by atoms with E-state index in [0.29, 0.717) is 5.56 Å². The maximum Gasteiger partial charge on any atom is 0.335 e. The van der Waals surface area contributed by atoms with Gasteiger partial charge in [0.05, 0.1) is 5.56 Å². The third kappa shape index (κ3) is 5.78. The number of nitrogens with one attached hydrogen (secondary N) is 1. The number of aromatic carboxylic acids is 1. The van der Waals surface area contributed by atoms with Crippen molar-refractivity contribution in [3.05, 3.63) is 29.8 Å². The highest BCUT2D eigenvalue weighted by Crippen LogP contribution is 2.27. The van der Waals surface area contributed by atoms with Gasteiger partial charge < -0.3 is 10.4 Å². The Balaban J connectivity index is 1.54. The number of unbranched alkanes of at least 4 members (excludes halogenated alkanes) is 2. The highest BCUT2D eigenvalue weighted by Gasteiger charge is 2.12. The summed E-state index contributed by atoms with van der Waals surface area (Å²) in [6.45, 7) is 0.969. The lowest BCUT2D eigenvalue weighted by molar-refractivity contribution is 0.0697. The molecule has 1 saturated carbocycles. The Bertz CT molecular complexity index is 421. The van der Waals surface area contributed by atoms with Gasteiger partial charge in [0, 0.05) is 12.2 Å². The Morgan fingerprint density at radius 3 is 2.43 bits per heavy atom. The van der Waals surface area contributed by atoms with Crippen molar-refractivity contribution < 1.29 is 9.90 Å². The first-order chi connectivity index (χ1) is 10.3. The molecule has 0 unspecified atom stereocenters. The van der Waals surface area contributed by atoms with Gasteiger partial charge in [0.25, 0.3) is 0 Å². The first kappa shape index (κ1) is 15.9. The quantitative estimate of drug-likeness (QED) is 0.667. The molecule has 2 rings (SSSR count). The number of anilines is 1. The zero-order chi connectivity index (χ0) is 14.9. The number of rotatable bonds is 8. The molecule has 0 bridgehead atoms. The monoisotopic (exact) mass is 289 g/mol. The van der Waals surface area contributed by atoms with Crippen molar-refractivity contribution in [1.82, 2.24) is 0 Å². The maximum atomic E-state index is 10.8. The molecule has 0 heterocycles. The summed E-state index contributed by atoms with van der Waals surface area (Å²) < 4.78 is 0. The molecule has 1 aliphatic rings. The lowest BCUT2D eigenvalue weighted by Gasteiger charge is -2.21. The van der Waals surface area contributed by atoms with Crippen LogP contribution in [0.2, 0.25) is 0 Å². The minimum atomic E-state index is -0.871. The van der Waals surface area contributed by atoms with E-state index in [1.807, 2.05) is 12.1 Å². The molecule has 0 spiro atoms. The van der Waals surface area contributed by atoms with Crippen molar-refractivity contribution in [2.24, 2.45) is 5.92 Å². The van der Waals surface area contributed by atoms with E-state index in [4.69, 9.17) is 5.11 Å². The summed E-state index contributed by atoms with van der Waals surface area (Å²) in [6.07, 6.45) is 12.5. The molecule has 1 aromatic rings. The summed E-state index contributed by atoms with van der Waals surface area (Å²) in [6, 6.07) is 6.97. The van der Waals surface area contributed by atoms with E-state index in [0.717, 1.165) is 18.2 Å². The van der Waals surface area contributed by atoms with Crippen LogP contribution in [0.5, 0.6) is 0 Å². The normalized spacial score (nSPS) is 15.8. The minimum Gasteiger partial charge on any atom is -0.478 e. The topological polar surface area (TPSA) is 49.3 Å². The molecule has 0 atom stereocenters. The molecule has 1 aliphatic carbocycles. The smallest absolute Gasteiger partial charge is 0.335 e. The molecule has 2 N–H and O–H groups in total. The Morgan fingerprint density at radius 1 is 1.05 bits per heavy atom. The average Bonchev–Trinajstić information content (AvgIpc) is 2.52. The van der Waals surface area contributed by atoms with Crippen molar-refractivity contribution >= 4 is 11.7 Å². The van der Waals surface area contributed by atoms with E-state index < -0.39 is 5.97 Å². The van der Waals surface area contributed by atoms with Crippen LogP contribution in [0.1, 0.15) is 68.1 Å². The zero-order valence-corrected chi connectivity index (χ0v) is 12.8. The minimum absolute atomic E-state index is 0.341. The van der Waals surface area contributed by atoms with Crippen molar-refractivity contribution in [2.75, 3.05) is 11.9 Å².